The lowest BCUT2D eigenvalue weighted by atomic mass is 9.92. The first-order valence-electron chi connectivity index (χ1n) is 5.72. The quantitative estimate of drug-likeness (QED) is 0.496. The Morgan fingerprint density at radius 1 is 0.957 bits per heavy atom. The molecular weight excluding hydrogens is 374 g/mol. The molecule has 1 aromatic carbocycles. The molecule has 23 heavy (non-hydrogen) atoms. The molecule has 0 aliphatic heterocycles. The van der Waals surface area contributed by atoms with Gasteiger partial charge in [-0.2, -0.15) is 25.3 Å². The largest absolute Gasteiger partial charge is 0.306 e. The highest BCUT2D eigenvalue weighted by molar-refractivity contribution is 7.90. The van der Waals surface area contributed by atoms with Crippen LogP contribution >= 0.6 is 0 Å². The van der Waals surface area contributed by atoms with E-state index in [1.54, 1.807) is 0 Å². The molecular formula is C10H11NO9S3. The maximum absolute atomic E-state index is 11.6. The molecule has 13 heteroatoms. The first kappa shape index (κ1) is 18.0. The number of hydrogen-bond donors (Lipinski definition) is 4. The molecule has 2 rings (SSSR count). The minimum atomic E-state index is -5.03. The van der Waals surface area contributed by atoms with Crippen LogP contribution in [0.5, 0.6) is 0 Å². The van der Waals surface area contributed by atoms with Gasteiger partial charge >= 0.3 is 0 Å². The average Bonchev–Trinajstić information content (AvgIpc) is 2.34. The number of fused-ring (bicyclic) bond motifs is 1. The minimum absolute atomic E-state index is 0.292. The van der Waals surface area contributed by atoms with Gasteiger partial charge in [-0.15, -0.1) is 0 Å². The maximum Gasteiger partial charge on any atom is 0.294 e. The van der Waals surface area contributed by atoms with Crippen molar-refractivity contribution in [2.45, 2.75) is 16.2 Å². The van der Waals surface area contributed by atoms with Crippen LogP contribution in [-0.2, 0) is 35.2 Å². The van der Waals surface area contributed by atoms with E-state index in [9.17, 15) is 29.8 Å². The van der Waals surface area contributed by atoms with E-state index in [4.69, 9.17) is 14.8 Å². The van der Waals surface area contributed by atoms with Gasteiger partial charge < -0.3 is 5.73 Å². The van der Waals surface area contributed by atoms with E-state index in [0.29, 0.717) is 0 Å². The Morgan fingerprint density at radius 2 is 1.52 bits per heavy atom. The lowest BCUT2D eigenvalue weighted by molar-refractivity contribution is 0.424. The van der Waals surface area contributed by atoms with Crippen LogP contribution in [0.3, 0.4) is 0 Å². The summed E-state index contributed by atoms with van der Waals surface area (Å²) in [6.45, 7) is 0. The van der Waals surface area contributed by atoms with Gasteiger partial charge in [-0.1, -0.05) is 6.07 Å². The van der Waals surface area contributed by atoms with E-state index in [1.807, 2.05) is 0 Å². The Morgan fingerprint density at radius 3 is 1.96 bits per heavy atom. The van der Waals surface area contributed by atoms with Gasteiger partial charge in [0.15, 0.2) is 4.87 Å². The Bertz CT molecular complexity index is 1020. The molecule has 1 aliphatic rings. The molecule has 128 valence electrons. The summed E-state index contributed by atoms with van der Waals surface area (Å²) < 4.78 is 95.4. The van der Waals surface area contributed by atoms with E-state index in [2.05, 4.69) is 0 Å². The summed E-state index contributed by atoms with van der Waals surface area (Å²) in [5.41, 5.74) is 5.03. The standard InChI is InChI=1S/C10H11NO9S3/c11-10(23(18,19)20)5-8(22(15,16)17)4-6-3-7(21(12,13)14)1-2-9(6)10/h1-4H,5,11H2,(H,12,13,14)(H,15,16,17)(H,18,19,20). The summed E-state index contributed by atoms with van der Waals surface area (Å²) in [7, 11) is -14.5. The van der Waals surface area contributed by atoms with Crippen LogP contribution in [0.25, 0.3) is 6.08 Å². The fourth-order valence-corrected chi connectivity index (χ4v) is 4.28. The summed E-state index contributed by atoms with van der Waals surface area (Å²) in [6, 6.07) is 2.53. The second kappa shape index (κ2) is 5.07. The topological polar surface area (TPSA) is 189 Å². The smallest absolute Gasteiger partial charge is 0.294 e. The normalized spacial score (nSPS) is 22.3. The molecule has 0 fully saturated rings. The van der Waals surface area contributed by atoms with Crippen LogP contribution in [0.15, 0.2) is 28.0 Å². The molecule has 1 aliphatic carbocycles. The van der Waals surface area contributed by atoms with Crippen LogP contribution in [0.1, 0.15) is 17.5 Å². The highest BCUT2D eigenvalue weighted by Crippen LogP contribution is 2.40. The molecule has 0 amide bonds. The predicted octanol–water partition coefficient (Wildman–Crippen LogP) is -0.435. The van der Waals surface area contributed by atoms with Gasteiger partial charge in [0, 0.05) is 6.42 Å². The summed E-state index contributed by atoms with van der Waals surface area (Å²) in [5.74, 6) is 0. The molecule has 1 aromatic rings. The average molecular weight is 385 g/mol. The second-order valence-electron chi connectivity index (χ2n) is 4.85. The van der Waals surface area contributed by atoms with Crippen molar-refractivity contribution < 1.29 is 38.9 Å². The minimum Gasteiger partial charge on any atom is -0.306 e. The number of hydrogen-bond acceptors (Lipinski definition) is 7. The molecule has 0 heterocycles. The van der Waals surface area contributed by atoms with E-state index in [0.717, 1.165) is 24.3 Å². The highest BCUT2D eigenvalue weighted by atomic mass is 32.2. The summed E-state index contributed by atoms with van der Waals surface area (Å²) in [6.07, 6.45) is -0.154. The maximum atomic E-state index is 11.6. The lowest BCUT2D eigenvalue weighted by Crippen LogP contribution is -2.47. The fraction of sp³-hybridized carbons (Fsp3) is 0.200. The zero-order valence-corrected chi connectivity index (χ0v) is 13.6. The Labute approximate surface area is 131 Å². The van der Waals surface area contributed by atoms with Crippen molar-refractivity contribution in [3.8, 4) is 0 Å². The van der Waals surface area contributed by atoms with Crippen molar-refractivity contribution >= 4 is 36.4 Å². The summed E-state index contributed by atoms with van der Waals surface area (Å²) >= 11 is 0. The molecule has 5 N–H and O–H groups in total. The van der Waals surface area contributed by atoms with Crippen LogP contribution < -0.4 is 5.73 Å². The summed E-state index contributed by atoms with van der Waals surface area (Å²) in [4.78, 5) is -4.10. The van der Waals surface area contributed by atoms with Crippen molar-refractivity contribution in [2.24, 2.45) is 5.73 Å². The number of benzene rings is 1. The fourth-order valence-electron chi connectivity index (χ4n) is 2.18. The summed E-state index contributed by atoms with van der Waals surface area (Å²) in [5, 5.41) is 0. The van der Waals surface area contributed by atoms with E-state index in [-0.39, 0.29) is 11.1 Å². The highest BCUT2D eigenvalue weighted by Gasteiger charge is 2.47. The first-order chi connectivity index (χ1) is 10.2. The van der Waals surface area contributed by atoms with Crippen molar-refractivity contribution in [1.82, 2.24) is 0 Å². The van der Waals surface area contributed by atoms with Gasteiger partial charge in [0.25, 0.3) is 30.4 Å². The first-order valence-corrected chi connectivity index (χ1v) is 10.0. The molecule has 0 radical (unpaired) electrons. The Kier molecular flexibility index (Phi) is 3.97. The van der Waals surface area contributed by atoms with Gasteiger partial charge in [-0.05, 0) is 29.3 Å². The lowest BCUT2D eigenvalue weighted by Gasteiger charge is -2.31. The number of nitrogens with two attached hydrogens (primary N) is 1. The van der Waals surface area contributed by atoms with Gasteiger partial charge in [0.2, 0.25) is 0 Å². The van der Waals surface area contributed by atoms with Gasteiger partial charge in [0.1, 0.15) is 0 Å². The van der Waals surface area contributed by atoms with Crippen LogP contribution in [0, 0.1) is 0 Å². The monoisotopic (exact) mass is 385 g/mol. The molecule has 1 unspecified atom stereocenters. The molecule has 0 bridgehead atoms. The van der Waals surface area contributed by atoms with Crippen molar-refractivity contribution in [3.05, 3.63) is 34.2 Å². The van der Waals surface area contributed by atoms with E-state index >= 15 is 0 Å². The molecule has 0 aromatic heterocycles. The SMILES string of the molecule is NC1(S(=O)(=O)O)CC(S(=O)(=O)O)=Cc2cc(S(=O)(=O)O)ccc21. The molecule has 0 saturated heterocycles. The van der Waals surface area contributed by atoms with Crippen molar-refractivity contribution in [3.63, 3.8) is 0 Å². The molecule has 1 atom stereocenters. The zero-order chi connectivity index (χ0) is 17.8. The molecule has 0 saturated carbocycles. The second-order valence-corrected chi connectivity index (χ2v) is 9.43. The third-order valence-corrected chi connectivity index (χ3v) is 6.38. The Balaban J connectivity index is 2.89. The third kappa shape index (κ3) is 3.16. The van der Waals surface area contributed by atoms with Gasteiger partial charge in [0.05, 0.1) is 9.80 Å². The van der Waals surface area contributed by atoms with Gasteiger partial charge in [-0.3, -0.25) is 13.7 Å². The zero-order valence-electron chi connectivity index (χ0n) is 11.1. The van der Waals surface area contributed by atoms with Gasteiger partial charge in [-0.25, -0.2) is 0 Å². The van der Waals surface area contributed by atoms with Crippen LogP contribution in [-0.4, -0.2) is 38.9 Å². The van der Waals surface area contributed by atoms with E-state index in [1.165, 1.54) is 0 Å². The number of rotatable bonds is 3. The van der Waals surface area contributed by atoms with E-state index < -0.39 is 51.4 Å². The molecule has 0 spiro atoms. The van der Waals surface area contributed by atoms with Crippen LogP contribution in [0.2, 0.25) is 0 Å². The van der Waals surface area contributed by atoms with Crippen molar-refractivity contribution in [1.29, 1.82) is 0 Å². The predicted molar refractivity (Wildman–Crippen MR) is 77.8 cm³/mol. The Hall–Kier alpha value is -1.35. The molecule has 10 nitrogen and oxygen atoms in total. The third-order valence-electron chi connectivity index (χ3n) is 3.32. The van der Waals surface area contributed by atoms with Crippen LogP contribution in [0.4, 0.5) is 0 Å². The van der Waals surface area contributed by atoms with Crippen molar-refractivity contribution in [2.75, 3.05) is 0 Å².